The van der Waals surface area contributed by atoms with Gasteiger partial charge in [0.2, 0.25) is 11.8 Å². The van der Waals surface area contributed by atoms with Crippen LogP contribution in [0.1, 0.15) is 20.8 Å². The lowest BCUT2D eigenvalue weighted by atomic mass is 10.1. The predicted molar refractivity (Wildman–Crippen MR) is 56.5 cm³/mol. The fourth-order valence-corrected chi connectivity index (χ4v) is 2.71. The molecule has 8 heteroatoms. The number of amides is 2. The van der Waals surface area contributed by atoms with Gasteiger partial charge in [-0.1, -0.05) is 0 Å². The molecule has 0 aromatic carbocycles. The third-order valence-electron chi connectivity index (χ3n) is 1.69. The van der Waals surface area contributed by atoms with E-state index in [1.165, 1.54) is 0 Å². The van der Waals surface area contributed by atoms with Crippen molar-refractivity contribution in [1.82, 2.24) is 14.3 Å². The average molecular weight is 249 g/mol. The lowest BCUT2D eigenvalue weighted by molar-refractivity contribution is -0.134. The van der Waals surface area contributed by atoms with Gasteiger partial charge in [-0.25, -0.2) is 0 Å². The Kier molecular flexibility index (Phi) is 3.36. The van der Waals surface area contributed by atoms with Crippen LogP contribution in [0.15, 0.2) is 0 Å². The highest BCUT2D eigenvalue weighted by atomic mass is 32.2. The van der Waals surface area contributed by atoms with Crippen LogP contribution in [0.4, 0.5) is 0 Å². The minimum atomic E-state index is -3.81. The second-order valence-corrected chi connectivity index (χ2v) is 6.27. The van der Waals surface area contributed by atoms with E-state index in [0.717, 1.165) is 4.31 Å². The van der Waals surface area contributed by atoms with Gasteiger partial charge in [-0.2, -0.15) is 17.4 Å². The van der Waals surface area contributed by atoms with Gasteiger partial charge in [-0.05, 0) is 20.8 Å². The van der Waals surface area contributed by atoms with Gasteiger partial charge in [-0.15, -0.1) is 0 Å². The van der Waals surface area contributed by atoms with E-state index in [-0.39, 0.29) is 13.1 Å². The number of hydrogen-bond donors (Lipinski definition) is 2. The number of imide groups is 1. The smallest absolute Gasteiger partial charge is 0.280 e. The van der Waals surface area contributed by atoms with Crippen LogP contribution in [-0.2, 0) is 19.8 Å². The van der Waals surface area contributed by atoms with E-state index in [1.54, 1.807) is 20.8 Å². The summed E-state index contributed by atoms with van der Waals surface area (Å²) in [6, 6.07) is 0. The van der Waals surface area contributed by atoms with Crippen molar-refractivity contribution in [2.75, 3.05) is 13.1 Å². The highest BCUT2D eigenvalue weighted by Gasteiger charge is 2.33. The molecule has 1 heterocycles. The molecule has 7 nitrogen and oxygen atoms in total. The monoisotopic (exact) mass is 249 g/mol. The van der Waals surface area contributed by atoms with E-state index >= 15 is 0 Å². The molecule has 1 aliphatic rings. The van der Waals surface area contributed by atoms with Crippen LogP contribution in [0.5, 0.6) is 0 Å². The molecule has 0 saturated carbocycles. The molecule has 0 bridgehead atoms. The van der Waals surface area contributed by atoms with Crippen molar-refractivity contribution in [2.45, 2.75) is 26.3 Å². The molecule has 0 unspecified atom stereocenters. The quantitative estimate of drug-likeness (QED) is 0.587. The standard InChI is InChI=1S/C8H15N3O4S/c1-8(2,3)10-16(14,15)11-4-6(12)9-7(13)5-11/h10H,4-5H2,1-3H3,(H,9,12,13). The summed E-state index contributed by atoms with van der Waals surface area (Å²) in [5.41, 5.74) is -0.657. The van der Waals surface area contributed by atoms with Crippen LogP contribution in [-0.4, -0.2) is 43.2 Å². The number of rotatable bonds is 2. The highest BCUT2D eigenvalue weighted by Crippen LogP contribution is 2.07. The van der Waals surface area contributed by atoms with Gasteiger partial charge >= 0.3 is 0 Å². The van der Waals surface area contributed by atoms with E-state index in [0.29, 0.717) is 0 Å². The molecule has 16 heavy (non-hydrogen) atoms. The first-order valence-electron chi connectivity index (χ1n) is 4.72. The molecule has 1 fully saturated rings. The molecule has 1 rings (SSSR count). The fraction of sp³-hybridized carbons (Fsp3) is 0.750. The van der Waals surface area contributed by atoms with Gasteiger partial charge in [0.25, 0.3) is 10.2 Å². The van der Waals surface area contributed by atoms with Crippen LogP contribution in [0.2, 0.25) is 0 Å². The summed E-state index contributed by atoms with van der Waals surface area (Å²) in [6.07, 6.45) is 0. The van der Waals surface area contributed by atoms with Gasteiger partial charge in [0, 0.05) is 5.54 Å². The van der Waals surface area contributed by atoms with Crippen molar-refractivity contribution in [3.05, 3.63) is 0 Å². The molecule has 2 N–H and O–H groups in total. The number of carbonyl (C=O) groups excluding carboxylic acids is 2. The van der Waals surface area contributed by atoms with Crippen LogP contribution in [0, 0.1) is 0 Å². The summed E-state index contributed by atoms with van der Waals surface area (Å²) in [6.45, 7) is 4.36. The molecule has 1 aliphatic heterocycles. The molecule has 0 atom stereocenters. The Morgan fingerprint density at radius 1 is 1.19 bits per heavy atom. The second-order valence-electron chi connectivity index (χ2n) is 4.60. The third kappa shape index (κ3) is 3.54. The molecule has 92 valence electrons. The molecule has 0 spiro atoms. The molecule has 2 amide bonds. The number of nitrogens with one attached hydrogen (secondary N) is 2. The van der Waals surface area contributed by atoms with Gasteiger partial charge in [0.05, 0.1) is 13.1 Å². The van der Waals surface area contributed by atoms with E-state index < -0.39 is 27.6 Å². The van der Waals surface area contributed by atoms with E-state index in [2.05, 4.69) is 4.72 Å². The maximum Gasteiger partial charge on any atom is 0.280 e. The minimum absolute atomic E-state index is 0.336. The maximum absolute atomic E-state index is 11.8. The Labute approximate surface area is 94.4 Å². The Hall–Kier alpha value is -0.990. The Morgan fingerprint density at radius 3 is 2.00 bits per heavy atom. The second kappa shape index (κ2) is 4.11. The predicted octanol–water partition coefficient (Wildman–Crippen LogP) is -1.42. The van der Waals surface area contributed by atoms with Crippen molar-refractivity contribution in [1.29, 1.82) is 0 Å². The Bertz CT molecular complexity index is 393. The topological polar surface area (TPSA) is 95.6 Å². The minimum Gasteiger partial charge on any atom is -0.294 e. The summed E-state index contributed by atoms with van der Waals surface area (Å²) in [5, 5.41) is 2.03. The van der Waals surface area contributed by atoms with Gasteiger partial charge in [0.1, 0.15) is 0 Å². The third-order valence-corrected chi connectivity index (χ3v) is 3.50. The molecular formula is C8H15N3O4S. The van der Waals surface area contributed by atoms with Crippen molar-refractivity contribution in [2.24, 2.45) is 0 Å². The molecule has 0 radical (unpaired) electrons. The fourth-order valence-electron chi connectivity index (χ4n) is 1.23. The number of piperazine rings is 1. The van der Waals surface area contributed by atoms with Gasteiger partial charge in [0.15, 0.2) is 0 Å². The normalized spacial score (nSPS) is 19.7. The largest absolute Gasteiger partial charge is 0.294 e. The number of nitrogens with zero attached hydrogens (tertiary/aromatic N) is 1. The SMILES string of the molecule is CC(C)(C)NS(=O)(=O)N1CC(=O)NC(=O)C1. The van der Waals surface area contributed by atoms with Gasteiger partial charge < -0.3 is 0 Å². The lowest BCUT2D eigenvalue weighted by Crippen LogP contribution is -2.58. The van der Waals surface area contributed by atoms with Crippen LogP contribution >= 0.6 is 0 Å². The van der Waals surface area contributed by atoms with Crippen molar-refractivity contribution >= 4 is 22.0 Å². The Balaban J connectivity index is 2.84. The summed E-state index contributed by atoms with van der Waals surface area (Å²) < 4.78 is 26.7. The molecule has 0 aromatic heterocycles. The van der Waals surface area contributed by atoms with E-state index in [9.17, 15) is 18.0 Å². The summed E-state index contributed by atoms with van der Waals surface area (Å²) in [7, 11) is -3.81. The zero-order chi connectivity index (χ0) is 12.6. The maximum atomic E-state index is 11.8. The van der Waals surface area contributed by atoms with Crippen LogP contribution < -0.4 is 10.0 Å². The molecule has 1 saturated heterocycles. The first kappa shape index (κ1) is 13.1. The summed E-state index contributed by atoms with van der Waals surface area (Å²) >= 11 is 0. The summed E-state index contributed by atoms with van der Waals surface area (Å²) in [5.74, 6) is -1.23. The number of hydrogen-bond acceptors (Lipinski definition) is 4. The van der Waals surface area contributed by atoms with Crippen molar-refractivity contribution in [3.8, 4) is 0 Å². The first-order valence-corrected chi connectivity index (χ1v) is 6.16. The highest BCUT2D eigenvalue weighted by molar-refractivity contribution is 7.87. The zero-order valence-corrected chi connectivity index (χ0v) is 10.2. The molecule has 0 aliphatic carbocycles. The first-order chi connectivity index (χ1) is 7.10. The Morgan fingerprint density at radius 2 is 1.62 bits per heavy atom. The van der Waals surface area contributed by atoms with Crippen molar-refractivity contribution in [3.63, 3.8) is 0 Å². The van der Waals surface area contributed by atoms with E-state index in [1.807, 2.05) is 5.32 Å². The van der Waals surface area contributed by atoms with Crippen molar-refractivity contribution < 1.29 is 18.0 Å². The molecular weight excluding hydrogens is 234 g/mol. The number of carbonyl (C=O) groups is 2. The lowest BCUT2D eigenvalue weighted by Gasteiger charge is -2.29. The van der Waals surface area contributed by atoms with E-state index in [4.69, 9.17) is 0 Å². The van der Waals surface area contributed by atoms with Crippen LogP contribution in [0.3, 0.4) is 0 Å². The van der Waals surface area contributed by atoms with Crippen LogP contribution in [0.25, 0.3) is 0 Å². The molecule has 0 aromatic rings. The average Bonchev–Trinajstić information content (AvgIpc) is 1.96. The zero-order valence-electron chi connectivity index (χ0n) is 9.40. The summed E-state index contributed by atoms with van der Waals surface area (Å²) in [4.78, 5) is 22.1. The van der Waals surface area contributed by atoms with Gasteiger partial charge in [-0.3, -0.25) is 14.9 Å².